The summed E-state index contributed by atoms with van der Waals surface area (Å²) < 4.78 is 18.4. The molecule has 2 amide bonds. The number of amides is 2. The molecule has 2 fully saturated rings. The molecule has 7 nitrogen and oxygen atoms in total. The van der Waals surface area contributed by atoms with Crippen LogP contribution in [0.25, 0.3) is 0 Å². The third-order valence-electron chi connectivity index (χ3n) is 5.35. The molecule has 0 aliphatic carbocycles. The third kappa shape index (κ3) is 3.91. The van der Waals surface area contributed by atoms with Crippen LogP contribution in [0.1, 0.15) is 45.3 Å². The van der Waals surface area contributed by atoms with Crippen LogP contribution in [0.3, 0.4) is 0 Å². The molecule has 148 valence electrons. The van der Waals surface area contributed by atoms with E-state index < -0.39 is 0 Å². The van der Waals surface area contributed by atoms with Gasteiger partial charge in [0.1, 0.15) is 11.5 Å². The van der Waals surface area contributed by atoms with Gasteiger partial charge < -0.3 is 14.5 Å². The summed E-state index contributed by atoms with van der Waals surface area (Å²) in [5.41, 5.74) is 1.75. The lowest BCUT2D eigenvalue weighted by Gasteiger charge is -2.32. The van der Waals surface area contributed by atoms with Gasteiger partial charge in [-0.25, -0.2) is 4.39 Å². The number of carbonyl (C=O) groups excluding carboxylic acids is 2. The molecule has 1 aromatic carbocycles. The van der Waals surface area contributed by atoms with E-state index in [0.29, 0.717) is 50.7 Å². The Balaban J connectivity index is 1.43. The van der Waals surface area contributed by atoms with E-state index in [0.717, 1.165) is 18.5 Å². The first kappa shape index (κ1) is 18.6. The predicted molar refractivity (Wildman–Crippen MR) is 99.6 cm³/mol. The van der Waals surface area contributed by atoms with Gasteiger partial charge in [0.25, 0.3) is 11.8 Å². The van der Waals surface area contributed by atoms with Gasteiger partial charge in [-0.3, -0.25) is 14.7 Å². The van der Waals surface area contributed by atoms with Crippen LogP contribution in [0, 0.1) is 5.82 Å². The maximum Gasteiger partial charge on any atom is 0.274 e. The Morgan fingerprint density at radius 2 is 1.82 bits per heavy atom. The van der Waals surface area contributed by atoms with Crippen LogP contribution < -0.4 is 0 Å². The van der Waals surface area contributed by atoms with Gasteiger partial charge in [0.15, 0.2) is 0 Å². The van der Waals surface area contributed by atoms with Gasteiger partial charge in [0.2, 0.25) is 0 Å². The topological polar surface area (TPSA) is 78.5 Å². The second-order valence-corrected chi connectivity index (χ2v) is 7.21. The van der Waals surface area contributed by atoms with E-state index in [2.05, 4.69) is 10.2 Å². The minimum atomic E-state index is -0.358. The number of nitrogens with one attached hydrogen (secondary N) is 1. The van der Waals surface area contributed by atoms with Crippen molar-refractivity contribution >= 4 is 11.8 Å². The van der Waals surface area contributed by atoms with E-state index >= 15 is 0 Å². The quantitative estimate of drug-likeness (QED) is 0.876. The fourth-order valence-corrected chi connectivity index (χ4v) is 3.77. The molecule has 0 spiro atoms. The number of aromatic amines is 1. The molecule has 1 N–H and O–H groups in total. The average molecular weight is 386 g/mol. The largest absolute Gasteiger partial charge is 0.378 e. The molecule has 8 heteroatoms. The lowest BCUT2D eigenvalue weighted by Crippen LogP contribution is -2.40. The molecule has 2 saturated heterocycles. The number of rotatable bonds is 3. The number of piperidine rings is 1. The zero-order chi connectivity index (χ0) is 19.5. The molecule has 28 heavy (non-hydrogen) atoms. The van der Waals surface area contributed by atoms with Crippen LogP contribution in [-0.4, -0.2) is 71.2 Å². The van der Waals surface area contributed by atoms with Crippen molar-refractivity contribution in [2.24, 2.45) is 0 Å². The Morgan fingerprint density at radius 3 is 2.57 bits per heavy atom. The number of hydrogen-bond acceptors (Lipinski definition) is 4. The highest BCUT2D eigenvalue weighted by atomic mass is 19.1. The van der Waals surface area contributed by atoms with E-state index in [4.69, 9.17) is 4.74 Å². The monoisotopic (exact) mass is 386 g/mol. The number of carbonyl (C=O) groups is 2. The number of ether oxygens (including phenoxy) is 1. The third-order valence-corrected chi connectivity index (χ3v) is 5.35. The molecule has 2 aliphatic heterocycles. The molecule has 3 heterocycles. The minimum absolute atomic E-state index is 0.0943. The molecule has 0 unspecified atom stereocenters. The fraction of sp³-hybridized carbons (Fsp3) is 0.450. The molecule has 4 rings (SSSR count). The van der Waals surface area contributed by atoms with E-state index in [-0.39, 0.29) is 23.5 Å². The van der Waals surface area contributed by atoms with E-state index in [9.17, 15) is 14.0 Å². The predicted octanol–water partition coefficient (Wildman–Crippen LogP) is 2.04. The first-order chi connectivity index (χ1) is 13.6. The number of hydrogen-bond donors (Lipinski definition) is 1. The number of morpholine rings is 1. The second-order valence-electron chi connectivity index (χ2n) is 7.21. The Hall–Kier alpha value is -2.74. The van der Waals surface area contributed by atoms with Crippen molar-refractivity contribution < 1.29 is 18.7 Å². The highest BCUT2D eigenvalue weighted by molar-refractivity contribution is 5.94. The maximum absolute atomic E-state index is 13.1. The van der Waals surface area contributed by atoms with Crippen molar-refractivity contribution in [1.82, 2.24) is 20.0 Å². The first-order valence-electron chi connectivity index (χ1n) is 9.59. The van der Waals surface area contributed by atoms with E-state index in [1.54, 1.807) is 15.9 Å². The zero-order valence-corrected chi connectivity index (χ0v) is 15.6. The number of H-pyrrole nitrogens is 1. The highest BCUT2D eigenvalue weighted by Gasteiger charge is 2.28. The molecule has 1 atom stereocenters. The average Bonchev–Trinajstić information content (AvgIpc) is 3.24. The maximum atomic E-state index is 13.1. The Kier molecular flexibility index (Phi) is 5.38. The molecule has 2 aliphatic rings. The summed E-state index contributed by atoms with van der Waals surface area (Å²) >= 11 is 0. The molecular weight excluding hydrogens is 363 g/mol. The van der Waals surface area contributed by atoms with Gasteiger partial charge in [-0.2, -0.15) is 5.10 Å². The van der Waals surface area contributed by atoms with Crippen LogP contribution in [-0.2, 0) is 4.74 Å². The SMILES string of the molecule is O=C(c1ccc(F)cc1)N1CCC[C@@H](c2cc(C(=O)N3CCOCC3)n[nH]2)C1. The Bertz CT molecular complexity index is 845. The minimum Gasteiger partial charge on any atom is -0.378 e. The van der Waals surface area contributed by atoms with Crippen LogP contribution in [0.15, 0.2) is 30.3 Å². The number of aromatic nitrogens is 2. The van der Waals surface area contributed by atoms with Gasteiger partial charge in [-0.1, -0.05) is 0 Å². The van der Waals surface area contributed by atoms with Crippen molar-refractivity contribution in [3.05, 3.63) is 53.1 Å². The van der Waals surface area contributed by atoms with Crippen molar-refractivity contribution in [3.63, 3.8) is 0 Å². The number of nitrogens with zero attached hydrogens (tertiary/aromatic N) is 3. The normalized spacial score (nSPS) is 20.2. The van der Waals surface area contributed by atoms with Crippen LogP contribution >= 0.6 is 0 Å². The molecule has 0 bridgehead atoms. The standard InChI is InChI=1S/C20H23FN4O3/c21-16-5-3-14(4-6-16)19(26)25-7-1-2-15(13-25)17-12-18(23-22-17)20(27)24-8-10-28-11-9-24/h3-6,12,15H,1-2,7-11,13H2,(H,22,23)/t15-/m1/s1. The van der Waals surface area contributed by atoms with Crippen molar-refractivity contribution in [3.8, 4) is 0 Å². The van der Waals surface area contributed by atoms with Gasteiger partial charge in [-0.05, 0) is 43.2 Å². The fourth-order valence-electron chi connectivity index (χ4n) is 3.77. The van der Waals surface area contributed by atoms with Gasteiger partial charge in [-0.15, -0.1) is 0 Å². The second kappa shape index (κ2) is 8.10. The summed E-state index contributed by atoms with van der Waals surface area (Å²) in [6.45, 7) is 3.46. The smallest absolute Gasteiger partial charge is 0.274 e. The number of likely N-dealkylation sites (tertiary alicyclic amines) is 1. The summed E-state index contributed by atoms with van der Waals surface area (Å²) in [5.74, 6) is -0.463. The van der Waals surface area contributed by atoms with Gasteiger partial charge >= 0.3 is 0 Å². The van der Waals surface area contributed by atoms with Crippen LogP contribution in [0.5, 0.6) is 0 Å². The summed E-state index contributed by atoms with van der Waals surface area (Å²) in [4.78, 5) is 28.8. The summed E-state index contributed by atoms with van der Waals surface area (Å²) in [6, 6.07) is 7.42. The van der Waals surface area contributed by atoms with Gasteiger partial charge in [0, 0.05) is 43.4 Å². The molecular formula is C20H23FN4O3. The van der Waals surface area contributed by atoms with Crippen LogP contribution in [0.2, 0.25) is 0 Å². The summed E-state index contributed by atoms with van der Waals surface area (Å²) in [7, 11) is 0. The lowest BCUT2D eigenvalue weighted by atomic mass is 9.94. The number of halogens is 1. The van der Waals surface area contributed by atoms with E-state index in [1.165, 1.54) is 24.3 Å². The highest BCUT2D eigenvalue weighted by Crippen LogP contribution is 2.27. The Morgan fingerprint density at radius 1 is 1.07 bits per heavy atom. The van der Waals surface area contributed by atoms with Crippen molar-refractivity contribution in [2.45, 2.75) is 18.8 Å². The van der Waals surface area contributed by atoms with Crippen molar-refractivity contribution in [1.29, 1.82) is 0 Å². The van der Waals surface area contributed by atoms with Crippen LogP contribution in [0.4, 0.5) is 4.39 Å². The molecule has 0 radical (unpaired) electrons. The molecule has 2 aromatic rings. The lowest BCUT2D eigenvalue weighted by molar-refractivity contribution is 0.0299. The van der Waals surface area contributed by atoms with Crippen molar-refractivity contribution in [2.75, 3.05) is 39.4 Å². The zero-order valence-electron chi connectivity index (χ0n) is 15.6. The first-order valence-corrected chi connectivity index (χ1v) is 9.59. The van der Waals surface area contributed by atoms with E-state index in [1.807, 2.05) is 0 Å². The molecule has 1 aromatic heterocycles. The molecule has 0 saturated carbocycles. The summed E-state index contributed by atoms with van der Waals surface area (Å²) in [5, 5.41) is 7.19. The summed E-state index contributed by atoms with van der Waals surface area (Å²) in [6.07, 6.45) is 1.78. The van der Waals surface area contributed by atoms with Gasteiger partial charge in [0.05, 0.1) is 13.2 Å². The Labute approximate surface area is 162 Å². The number of benzene rings is 1.